The number of carbonyl (C=O) groups is 1. The number of halogens is 1. The molecule has 0 N–H and O–H groups in total. The number of pyridine rings is 1. The van der Waals surface area contributed by atoms with Gasteiger partial charge in [0, 0.05) is 44.3 Å². The number of benzene rings is 1. The van der Waals surface area contributed by atoms with Gasteiger partial charge < -0.3 is 4.74 Å². The third-order valence-corrected chi connectivity index (χ3v) is 6.44. The number of carbonyl (C=O) groups excluding carboxylic acids is 1. The van der Waals surface area contributed by atoms with E-state index in [1.165, 1.54) is 19.2 Å². The number of rotatable bonds is 6. The van der Waals surface area contributed by atoms with Crippen LogP contribution in [0.25, 0.3) is 0 Å². The monoisotopic (exact) mass is 411 g/mol. The van der Waals surface area contributed by atoms with E-state index in [0.717, 1.165) is 64.1 Å². The maximum absolute atomic E-state index is 13.7. The van der Waals surface area contributed by atoms with Gasteiger partial charge in [0.1, 0.15) is 11.6 Å². The van der Waals surface area contributed by atoms with Gasteiger partial charge in [-0.15, -0.1) is 0 Å². The van der Waals surface area contributed by atoms with Crippen LogP contribution < -0.4 is 4.74 Å². The largest absolute Gasteiger partial charge is 0.496 e. The van der Waals surface area contributed by atoms with Gasteiger partial charge in [-0.05, 0) is 62.6 Å². The standard InChI is InChI=1S/C24H30FN3O2/c1-30-23-8-7-19(25)15-22(23)24(29)18-5-4-12-28(16-18)21-9-13-27(14-10-21)17-20-6-2-3-11-26-20/h2-3,6-8,11,15,18,21H,4-5,9-10,12-14,16-17H2,1H3. The minimum Gasteiger partial charge on any atom is -0.496 e. The van der Waals surface area contributed by atoms with E-state index >= 15 is 0 Å². The summed E-state index contributed by atoms with van der Waals surface area (Å²) in [5.41, 5.74) is 1.48. The van der Waals surface area contributed by atoms with Crippen LogP contribution in [0.5, 0.6) is 5.75 Å². The molecule has 6 heteroatoms. The lowest BCUT2D eigenvalue weighted by molar-refractivity contribution is 0.0581. The van der Waals surface area contributed by atoms with Gasteiger partial charge in [0.15, 0.2) is 5.78 Å². The second-order valence-corrected chi connectivity index (χ2v) is 8.37. The highest BCUT2D eigenvalue weighted by Crippen LogP contribution is 2.29. The predicted molar refractivity (Wildman–Crippen MR) is 114 cm³/mol. The smallest absolute Gasteiger partial charge is 0.171 e. The molecular formula is C24H30FN3O2. The maximum Gasteiger partial charge on any atom is 0.171 e. The average Bonchev–Trinajstić information content (AvgIpc) is 2.80. The molecule has 0 amide bonds. The number of ketones is 1. The van der Waals surface area contributed by atoms with E-state index < -0.39 is 5.82 Å². The van der Waals surface area contributed by atoms with Crippen molar-refractivity contribution in [2.75, 3.05) is 33.3 Å². The molecule has 5 nitrogen and oxygen atoms in total. The summed E-state index contributed by atoms with van der Waals surface area (Å²) in [4.78, 5) is 22.5. The van der Waals surface area contributed by atoms with E-state index in [-0.39, 0.29) is 11.7 Å². The summed E-state index contributed by atoms with van der Waals surface area (Å²) in [6.45, 7) is 4.79. The van der Waals surface area contributed by atoms with E-state index in [4.69, 9.17) is 4.74 Å². The normalized spacial score (nSPS) is 21.5. The molecule has 0 saturated carbocycles. The Kier molecular flexibility index (Phi) is 6.75. The Bertz CT molecular complexity index is 853. The molecule has 2 fully saturated rings. The molecule has 2 saturated heterocycles. The second-order valence-electron chi connectivity index (χ2n) is 8.37. The Hall–Kier alpha value is -2.31. The summed E-state index contributed by atoms with van der Waals surface area (Å²) in [5, 5.41) is 0. The first-order valence-corrected chi connectivity index (χ1v) is 10.9. The van der Waals surface area contributed by atoms with Crippen molar-refractivity contribution in [2.24, 2.45) is 5.92 Å². The molecule has 0 aliphatic carbocycles. The number of ether oxygens (including phenoxy) is 1. The molecule has 2 aliphatic rings. The molecule has 3 heterocycles. The van der Waals surface area contributed by atoms with Gasteiger partial charge in [-0.3, -0.25) is 19.6 Å². The van der Waals surface area contributed by atoms with Crippen LogP contribution in [0.3, 0.4) is 0 Å². The third kappa shape index (κ3) is 4.87. The molecule has 1 aromatic heterocycles. The highest BCUT2D eigenvalue weighted by atomic mass is 19.1. The average molecular weight is 412 g/mol. The highest BCUT2D eigenvalue weighted by molar-refractivity contribution is 6.00. The van der Waals surface area contributed by atoms with Crippen molar-refractivity contribution in [1.29, 1.82) is 0 Å². The third-order valence-electron chi connectivity index (χ3n) is 6.44. The van der Waals surface area contributed by atoms with Crippen molar-refractivity contribution < 1.29 is 13.9 Å². The SMILES string of the molecule is COc1ccc(F)cc1C(=O)C1CCCN(C2CCN(Cc3ccccn3)CC2)C1. The van der Waals surface area contributed by atoms with Crippen molar-refractivity contribution in [3.8, 4) is 5.75 Å². The molecule has 4 rings (SSSR count). The predicted octanol–water partition coefficient (Wildman–Crippen LogP) is 3.79. The second kappa shape index (κ2) is 9.67. The van der Waals surface area contributed by atoms with Gasteiger partial charge >= 0.3 is 0 Å². The minimum atomic E-state index is -0.396. The highest BCUT2D eigenvalue weighted by Gasteiger charge is 2.33. The van der Waals surface area contributed by atoms with Crippen LogP contribution in [-0.2, 0) is 6.54 Å². The summed E-state index contributed by atoms with van der Waals surface area (Å²) >= 11 is 0. The fourth-order valence-corrected chi connectivity index (χ4v) is 4.81. The number of hydrogen-bond acceptors (Lipinski definition) is 5. The van der Waals surface area contributed by atoms with E-state index in [2.05, 4.69) is 20.9 Å². The first-order valence-electron chi connectivity index (χ1n) is 10.9. The molecule has 1 unspecified atom stereocenters. The van der Waals surface area contributed by atoms with Crippen molar-refractivity contribution in [3.63, 3.8) is 0 Å². The Morgan fingerprint density at radius 2 is 2.00 bits per heavy atom. The Morgan fingerprint density at radius 3 is 2.73 bits per heavy atom. The number of nitrogens with zero attached hydrogens (tertiary/aromatic N) is 3. The van der Waals surface area contributed by atoms with E-state index in [0.29, 0.717) is 17.4 Å². The molecule has 2 aromatic rings. The molecule has 0 bridgehead atoms. The van der Waals surface area contributed by atoms with Crippen LogP contribution in [-0.4, -0.2) is 59.9 Å². The molecular weight excluding hydrogens is 381 g/mol. The van der Waals surface area contributed by atoms with Crippen molar-refractivity contribution in [1.82, 2.24) is 14.8 Å². The number of aromatic nitrogens is 1. The molecule has 0 spiro atoms. The van der Waals surface area contributed by atoms with Gasteiger partial charge in [-0.2, -0.15) is 0 Å². The molecule has 160 valence electrons. The van der Waals surface area contributed by atoms with Crippen LogP contribution in [0.1, 0.15) is 41.7 Å². The number of methoxy groups -OCH3 is 1. The Labute approximate surface area is 177 Å². The van der Waals surface area contributed by atoms with Gasteiger partial charge in [0.25, 0.3) is 0 Å². The van der Waals surface area contributed by atoms with Gasteiger partial charge in [-0.1, -0.05) is 6.07 Å². The topological polar surface area (TPSA) is 45.7 Å². The zero-order chi connectivity index (χ0) is 20.9. The Balaban J connectivity index is 1.34. The fraction of sp³-hybridized carbons (Fsp3) is 0.500. The van der Waals surface area contributed by atoms with Crippen molar-refractivity contribution in [3.05, 3.63) is 59.7 Å². The first kappa shape index (κ1) is 20.9. The van der Waals surface area contributed by atoms with Crippen LogP contribution >= 0.6 is 0 Å². The van der Waals surface area contributed by atoms with Crippen molar-refractivity contribution >= 4 is 5.78 Å². The number of Topliss-reactive ketones (excluding diaryl/α,β-unsaturated/α-hetero) is 1. The maximum atomic E-state index is 13.7. The lowest BCUT2D eigenvalue weighted by Gasteiger charge is -2.42. The van der Waals surface area contributed by atoms with E-state index in [9.17, 15) is 9.18 Å². The lowest BCUT2D eigenvalue weighted by Crippen LogP contribution is -2.49. The summed E-state index contributed by atoms with van der Waals surface area (Å²) in [5.74, 6) is -0.0296. The zero-order valence-corrected chi connectivity index (χ0v) is 17.6. The van der Waals surface area contributed by atoms with Crippen LogP contribution in [0.4, 0.5) is 4.39 Å². The molecule has 1 aromatic carbocycles. The van der Waals surface area contributed by atoms with E-state index in [1.54, 1.807) is 6.07 Å². The summed E-state index contributed by atoms with van der Waals surface area (Å²) < 4.78 is 19.0. The summed E-state index contributed by atoms with van der Waals surface area (Å²) in [6, 6.07) is 10.8. The minimum absolute atomic E-state index is 0.00337. The van der Waals surface area contributed by atoms with Crippen LogP contribution in [0.2, 0.25) is 0 Å². The van der Waals surface area contributed by atoms with Gasteiger partial charge in [0.05, 0.1) is 18.4 Å². The molecule has 1 atom stereocenters. The number of hydrogen-bond donors (Lipinski definition) is 0. The fourth-order valence-electron chi connectivity index (χ4n) is 4.81. The number of piperidine rings is 2. The molecule has 30 heavy (non-hydrogen) atoms. The quantitative estimate of drug-likeness (QED) is 0.677. The number of likely N-dealkylation sites (tertiary alicyclic amines) is 2. The van der Waals surface area contributed by atoms with E-state index in [1.807, 2.05) is 18.3 Å². The van der Waals surface area contributed by atoms with Gasteiger partial charge in [0.2, 0.25) is 0 Å². The lowest BCUT2D eigenvalue weighted by atomic mass is 9.88. The first-order chi connectivity index (χ1) is 14.6. The van der Waals surface area contributed by atoms with Crippen molar-refractivity contribution in [2.45, 2.75) is 38.3 Å². The van der Waals surface area contributed by atoms with Crippen LogP contribution in [0, 0.1) is 11.7 Å². The Morgan fingerprint density at radius 1 is 1.17 bits per heavy atom. The molecule has 0 radical (unpaired) electrons. The zero-order valence-electron chi connectivity index (χ0n) is 17.6. The van der Waals surface area contributed by atoms with Crippen LogP contribution in [0.15, 0.2) is 42.6 Å². The molecule has 2 aliphatic heterocycles. The summed E-state index contributed by atoms with van der Waals surface area (Å²) in [6.07, 6.45) is 5.92. The van der Waals surface area contributed by atoms with Gasteiger partial charge in [-0.25, -0.2) is 4.39 Å². The summed E-state index contributed by atoms with van der Waals surface area (Å²) in [7, 11) is 1.52.